The third-order valence-corrected chi connectivity index (χ3v) is 0.969. The maximum Gasteiger partial charge on any atom is 0.0433 e. The van der Waals surface area contributed by atoms with E-state index in [-0.39, 0.29) is 0 Å². The molecule has 0 saturated heterocycles. The Bertz CT molecular complexity index is 92.7. The minimum Gasteiger partial charge on any atom is -0.396 e. The zero-order valence-corrected chi connectivity index (χ0v) is 5.88. The topological polar surface area (TPSA) is 20.2 Å². The SMILES string of the molecule is C/C=C\C=C\CCCO. The summed E-state index contributed by atoms with van der Waals surface area (Å²) in [5.41, 5.74) is 0. The van der Waals surface area contributed by atoms with E-state index in [2.05, 4.69) is 6.08 Å². The molecule has 52 valence electrons. The molecule has 0 bridgehead atoms. The lowest BCUT2D eigenvalue weighted by molar-refractivity contribution is 0.289. The maximum absolute atomic E-state index is 8.37. The van der Waals surface area contributed by atoms with E-state index >= 15 is 0 Å². The molecule has 0 radical (unpaired) electrons. The zero-order chi connectivity index (χ0) is 6.95. The molecule has 0 heterocycles. The molecule has 0 unspecified atom stereocenters. The fourth-order valence-electron chi connectivity index (χ4n) is 0.495. The maximum atomic E-state index is 8.37. The van der Waals surface area contributed by atoms with Crippen LogP contribution in [0.1, 0.15) is 19.8 Å². The van der Waals surface area contributed by atoms with E-state index < -0.39 is 0 Å². The highest BCUT2D eigenvalue weighted by atomic mass is 16.2. The third-order valence-electron chi connectivity index (χ3n) is 0.969. The number of hydrogen-bond acceptors (Lipinski definition) is 1. The second kappa shape index (κ2) is 7.44. The van der Waals surface area contributed by atoms with Gasteiger partial charge in [-0.3, -0.25) is 0 Å². The smallest absolute Gasteiger partial charge is 0.0433 e. The minimum absolute atomic E-state index is 0.292. The molecule has 0 aliphatic rings. The van der Waals surface area contributed by atoms with Crippen LogP contribution in [0.4, 0.5) is 0 Å². The molecule has 1 heteroatoms. The second-order valence-electron chi connectivity index (χ2n) is 1.82. The van der Waals surface area contributed by atoms with Crippen molar-refractivity contribution >= 4 is 0 Å². The molecule has 0 rings (SSSR count). The van der Waals surface area contributed by atoms with Gasteiger partial charge in [-0.05, 0) is 19.8 Å². The van der Waals surface area contributed by atoms with Crippen molar-refractivity contribution in [3.63, 3.8) is 0 Å². The Kier molecular flexibility index (Phi) is 6.98. The lowest BCUT2D eigenvalue weighted by Gasteiger charge is -1.84. The summed E-state index contributed by atoms with van der Waals surface area (Å²) in [4.78, 5) is 0. The summed E-state index contributed by atoms with van der Waals surface area (Å²) in [6.45, 7) is 2.27. The average molecular weight is 126 g/mol. The second-order valence-corrected chi connectivity index (χ2v) is 1.82. The van der Waals surface area contributed by atoms with Gasteiger partial charge in [-0.25, -0.2) is 0 Å². The van der Waals surface area contributed by atoms with Gasteiger partial charge in [0.25, 0.3) is 0 Å². The Morgan fingerprint density at radius 1 is 1.33 bits per heavy atom. The summed E-state index contributed by atoms with van der Waals surface area (Å²) in [6, 6.07) is 0. The zero-order valence-electron chi connectivity index (χ0n) is 5.88. The van der Waals surface area contributed by atoms with E-state index in [1.165, 1.54) is 0 Å². The summed E-state index contributed by atoms with van der Waals surface area (Å²) in [7, 11) is 0. The molecule has 0 aliphatic heterocycles. The molecular weight excluding hydrogens is 112 g/mol. The number of aliphatic hydroxyl groups excluding tert-OH is 1. The van der Waals surface area contributed by atoms with Gasteiger partial charge in [0.1, 0.15) is 0 Å². The van der Waals surface area contributed by atoms with E-state index in [0.717, 1.165) is 12.8 Å². The highest BCUT2D eigenvalue weighted by molar-refractivity contribution is 5.00. The van der Waals surface area contributed by atoms with Gasteiger partial charge in [0.15, 0.2) is 0 Å². The molecule has 1 N–H and O–H groups in total. The molecule has 0 aliphatic carbocycles. The van der Waals surface area contributed by atoms with Crippen molar-refractivity contribution in [3.8, 4) is 0 Å². The van der Waals surface area contributed by atoms with Gasteiger partial charge in [-0.1, -0.05) is 24.3 Å². The first-order valence-electron chi connectivity index (χ1n) is 3.30. The Hall–Kier alpha value is -0.560. The van der Waals surface area contributed by atoms with Gasteiger partial charge in [0.2, 0.25) is 0 Å². The molecule has 0 aromatic carbocycles. The van der Waals surface area contributed by atoms with Gasteiger partial charge >= 0.3 is 0 Å². The molecule has 0 saturated carbocycles. The number of aliphatic hydroxyl groups is 1. The lowest BCUT2D eigenvalue weighted by Crippen LogP contribution is -1.77. The predicted molar refractivity (Wildman–Crippen MR) is 40.3 cm³/mol. The molecule has 0 atom stereocenters. The highest BCUT2D eigenvalue weighted by Crippen LogP contribution is 1.88. The van der Waals surface area contributed by atoms with Crippen LogP contribution in [-0.2, 0) is 0 Å². The van der Waals surface area contributed by atoms with Crippen LogP contribution in [-0.4, -0.2) is 11.7 Å². The fraction of sp³-hybridized carbons (Fsp3) is 0.500. The van der Waals surface area contributed by atoms with Gasteiger partial charge in [-0.2, -0.15) is 0 Å². The van der Waals surface area contributed by atoms with Crippen LogP contribution in [0, 0.1) is 0 Å². The van der Waals surface area contributed by atoms with E-state index in [1.54, 1.807) is 0 Å². The number of rotatable bonds is 4. The first kappa shape index (κ1) is 8.44. The molecule has 0 fully saturated rings. The van der Waals surface area contributed by atoms with Crippen LogP contribution < -0.4 is 0 Å². The molecule has 1 nitrogen and oxygen atoms in total. The Morgan fingerprint density at radius 3 is 2.67 bits per heavy atom. The van der Waals surface area contributed by atoms with Gasteiger partial charge in [0, 0.05) is 6.61 Å². The van der Waals surface area contributed by atoms with Gasteiger partial charge < -0.3 is 5.11 Å². The predicted octanol–water partition coefficient (Wildman–Crippen LogP) is 1.89. The summed E-state index contributed by atoms with van der Waals surface area (Å²) >= 11 is 0. The molecular formula is C8H14O. The van der Waals surface area contributed by atoms with Crippen LogP contribution in [0.5, 0.6) is 0 Å². The molecule has 9 heavy (non-hydrogen) atoms. The number of hydrogen-bond donors (Lipinski definition) is 1. The quantitative estimate of drug-likeness (QED) is 0.450. The molecule has 0 spiro atoms. The summed E-state index contributed by atoms with van der Waals surface area (Å²) in [6.07, 6.45) is 9.85. The summed E-state index contributed by atoms with van der Waals surface area (Å²) in [5, 5.41) is 8.37. The van der Waals surface area contributed by atoms with Crippen LogP contribution in [0.15, 0.2) is 24.3 Å². The van der Waals surface area contributed by atoms with Gasteiger partial charge in [0.05, 0.1) is 0 Å². The first-order chi connectivity index (χ1) is 4.41. The van der Waals surface area contributed by atoms with Crippen molar-refractivity contribution in [3.05, 3.63) is 24.3 Å². The lowest BCUT2D eigenvalue weighted by atomic mass is 10.3. The van der Waals surface area contributed by atoms with Crippen LogP contribution in [0.3, 0.4) is 0 Å². The minimum atomic E-state index is 0.292. The van der Waals surface area contributed by atoms with E-state index in [4.69, 9.17) is 5.11 Å². The Morgan fingerprint density at radius 2 is 2.11 bits per heavy atom. The standard InChI is InChI=1S/C8H14O/c1-2-3-4-5-6-7-8-9/h2-5,9H,6-8H2,1H3/b3-2-,5-4+. The monoisotopic (exact) mass is 126 g/mol. The van der Waals surface area contributed by atoms with E-state index in [1.807, 2.05) is 25.2 Å². The van der Waals surface area contributed by atoms with Crippen molar-refractivity contribution in [2.45, 2.75) is 19.8 Å². The third kappa shape index (κ3) is 7.44. The van der Waals surface area contributed by atoms with Crippen molar-refractivity contribution in [2.75, 3.05) is 6.61 Å². The van der Waals surface area contributed by atoms with E-state index in [0.29, 0.717) is 6.61 Å². The molecule has 0 aromatic rings. The largest absolute Gasteiger partial charge is 0.396 e. The van der Waals surface area contributed by atoms with Gasteiger partial charge in [-0.15, -0.1) is 0 Å². The average Bonchev–Trinajstić information content (AvgIpc) is 1.89. The number of unbranched alkanes of at least 4 members (excludes halogenated alkanes) is 1. The highest BCUT2D eigenvalue weighted by Gasteiger charge is 1.75. The van der Waals surface area contributed by atoms with E-state index in [9.17, 15) is 0 Å². The Labute approximate surface area is 56.7 Å². The number of allylic oxidation sites excluding steroid dienone is 4. The van der Waals surface area contributed by atoms with Crippen LogP contribution >= 0.6 is 0 Å². The van der Waals surface area contributed by atoms with Crippen molar-refractivity contribution in [1.29, 1.82) is 0 Å². The first-order valence-corrected chi connectivity index (χ1v) is 3.30. The Balaban J connectivity index is 3.04. The fourth-order valence-corrected chi connectivity index (χ4v) is 0.495. The normalized spacial score (nSPS) is 11.8. The van der Waals surface area contributed by atoms with Crippen LogP contribution in [0.25, 0.3) is 0 Å². The van der Waals surface area contributed by atoms with Crippen molar-refractivity contribution in [1.82, 2.24) is 0 Å². The summed E-state index contributed by atoms with van der Waals surface area (Å²) in [5.74, 6) is 0. The molecule has 0 amide bonds. The molecule has 0 aromatic heterocycles. The van der Waals surface area contributed by atoms with Crippen molar-refractivity contribution < 1.29 is 5.11 Å². The van der Waals surface area contributed by atoms with Crippen molar-refractivity contribution in [2.24, 2.45) is 0 Å². The summed E-state index contributed by atoms with van der Waals surface area (Å²) < 4.78 is 0. The van der Waals surface area contributed by atoms with Crippen LogP contribution in [0.2, 0.25) is 0 Å².